The predicted molar refractivity (Wildman–Crippen MR) is 97.1 cm³/mol. The highest BCUT2D eigenvalue weighted by Gasteiger charge is 2.27. The minimum atomic E-state index is -0.273. The summed E-state index contributed by atoms with van der Waals surface area (Å²) in [5.74, 6) is -0.271. The predicted octanol–water partition coefficient (Wildman–Crippen LogP) is 3.16. The first-order valence-electron chi connectivity index (χ1n) is 8.52. The molecule has 1 aliphatic rings. The molecule has 3 heterocycles. The molecule has 1 amide bonds. The lowest BCUT2D eigenvalue weighted by molar-refractivity contribution is 0.0585. The summed E-state index contributed by atoms with van der Waals surface area (Å²) < 4.78 is 21.7. The van der Waals surface area contributed by atoms with Gasteiger partial charge in [0.25, 0.3) is 11.1 Å². The summed E-state index contributed by atoms with van der Waals surface area (Å²) in [6, 6.07) is 6.34. The largest absolute Gasteiger partial charge is 0.467 e. The quantitative estimate of drug-likeness (QED) is 0.707. The standard InChI is InChI=1S/C18H19FN4O2S/c1-11-9-15(22(2)21-11)17(24)23-7-5-13(6-8-23)25-18-20-14-4-3-12(19)10-16(14)26-18/h3-4,9-10,13H,5-8H2,1-2H3. The van der Waals surface area contributed by atoms with Crippen LogP contribution in [0.25, 0.3) is 10.2 Å². The Morgan fingerprint density at radius 2 is 2.08 bits per heavy atom. The van der Waals surface area contributed by atoms with E-state index in [9.17, 15) is 9.18 Å². The van der Waals surface area contributed by atoms with Crippen molar-refractivity contribution in [3.63, 3.8) is 0 Å². The molecule has 0 aliphatic carbocycles. The number of aromatic nitrogens is 3. The molecule has 0 N–H and O–H groups in total. The molecule has 0 atom stereocenters. The SMILES string of the molecule is Cc1cc(C(=O)N2CCC(Oc3nc4ccc(F)cc4s3)CC2)n(C)n1. The lowest BCUT2D eigenvalue weighted by Gasteiger charge is -2.31. The van der Waals surface area contributed by atoms with Gasteiger partial charge in [-0.2, -0.15) is 5.10 Å². The Kier molecular flexibility index (Phi) is 4.36. The van der Waals surface area contributed by atoms with Crippen LogP contribution < -0.4 is 4.74 Å². The van der Waals surface area contributed by atoms with Gasteiger partial charge in [-0.05, 0) is 31.2 Å². The smallest absolute Gasteiger partial charge is 0.274 e. The molecule has 0 saturated carbocycles. The minimum absolute atomic E-state index is 0.00186. The third kappa shape index (κ3) is 3.29. The average molecular weight is 374 g/mol. The van der Waals surface area contributed by atoms with Gasteiger partial charge in [-0.3, -0.25) is 9.48 Å². The normalized spacial score (nSPS) is 15.6. The number of hydrogen-bond acceptors (Lipinski definition) is 5. The van der Waals surface area contributed by atoms with Gasteiger partial charge in [0, 0.05) is 33.0 Å². The number of halogens is 1. The van der Waals surface area contributed by atoms with E-state index in [2.05, 4.69) is 10.1 Å². The number of thiazole rings is 1. The molecular formula is C18H19FN4O2S. The van der Waals surface area contributed by atoms with Crippen LogP contribution in [-0.2, 0) is 7.05 Å². The van der Waals surface area contributed by atoms with Gasteiger partial charge in [-0.1, -0.05) is 11.3 Å². The summed E-state index contributed by atoms with van der Waals surface area (Å²) >= 11 is 1.35. The number of fused-ring (bicyclic) bond motifs is 1. The minimum Gasteiger partial charge on any atom is -0.467 e. The van der Waals surface area contributed by atoms with Crippen LogP contribution in [0.4, 0.5) is 4.39 Å². The molecule has 0 radical (unpaired) electrons. The summed E-state index contributed by atoms with van der Waals surface area (Å²) in [6.45, 7) is 3.14. The molecule has 1 aliphatic heterocycles. The van der Waals surface area contributed by atoms with Crippen LogP contribution in [-0.4, -0.2) is 44.8 Å². The Balaban J connectivity index is 1.38. The van der Waals surface area contributed by atoms with Crippen molar-refractivity contribution in [2.24, 2.45) is 7.05 Å². The van der Waals surface area contributed by atoms with Crippen molar-refractivity contribution >= 4 is 27.5 Å². The van der Waals surface area contributed by atoms with Crippen molar-refractivity contribution in [3.05, 3.63) is 41.5 Å². The van der Waals surface area contributed by atoms with Gasteiger partial charge in [0.1, 0.15) is 17.6 Å². The Bertz CT molecular complexity index is 959. The fourth-order valence-electron chi connectivity index (χ4n) is 3.22. The van der Waals surface area contributed by atoms with Crippen LogP contribution in [0.1, 0.15) is 29.0 Å². The van der Waals surface area contributed by atoms with Crippen molar-refractivity contribution in [1.29, 1.82) is 0 Å². The third-order valence-electron chi connectivity index (χ3n) is 4.55. The molecule has 8 heteroatoms. The second-order valence-corrected chi connectivity index (χ2v) is 7.49. The van der Waals surface area contributed by atoms with Crippen molar-refractivity contribution in [3.8, 4) is 5.19 Å². The highest BCUT2D eigenvalue weighted by molar-refractivity contribution is 7.20. The first kappa shape index (κ1) is 17.0. The van der Waals surface area contributed by atoms with Crippen LogP contribution in [0.2, 0.25) is 0 Å². The fraction of sp³-hybridized carbons (Fsp3) is 0.389. The van der Waals surface area contributed by atoms with Crippen LogP contribution in [0, 0.1) is 12.7 Å². The zero-order valence-corrected chi connectivity index (χ0v) is 15.4. The highest BCUT2D eigenvalue weighted by Crippen LogP contribution is 2.30. The second-order valence-electron chi connectivity index (χ2n) is 6.50. The maximum absolute atomic E-state index is 13.3. The number of likely N-dealkylation sites (tertiary alicyclic amines) is 1. The van der Waals surface area contributed by atoms with Crippen molar-refractivity contribution in [2.75, 3.05) is 13.1 Å². The Hall–Kier alpha value is -2.48. The number of amides is 1. The number of nitrogens with zero attached hydrogens (tertiary/aromatic N) is 4. The number of carbonyl (C=O) groups excluding carboxylic acids is 1. The van der Waals surface area contributed by atoms with Crippen molar-refractivity contribution in [2.45, 2.75) is 25.9 Å². The first-order valence-corrected chi connectivity index (χ1v) is 9.34. The molecule has 1 aromatic carbocycles. The number of aryl methyl sites for hydroxylation is 2. The maximum Gasteiger partial charge on any atom is 0.274 e. The van der Waals surface area contributed by atoms with Gasteiger partial charge in [0.2, 0.25) is 0 Å². The molecule has 0 bridgehead atoms. The van der Waals surface area contributed by atoms with Gasteiger partial charge in [0.05, 0.1) is 15.9 Å². The van der Waals surface area contributed by atoms with E-state index in [1.54, 1.807) is 17.8 Å². The second kappa shape index (κ2) is 6.68. The van der Waals surface area contributed by atoms with E-state index in [-0.39, 0.29) is 17.8 Å². The Morgan fingerprint density at radius 1 is 1.31 bits per heavy atom. The molecular weight excluding hydrogens is 355 g/mol. The lowest BCUT2D eigenvalue weighted by atomic mass is 10.1. The summed E-state index contributed by atoms with van der Waals surface area (Å²) in [7, 11) is 1.78. The van der Waals surface area contributed by atoms with Crippen molar-refractivity contribution < 1.29 is 13.9 Å². The molecule has 0 spiro atoms. The summed E-state index contributed by atoms with van der Waals surface area (Å²) in [5, 5.41) is 4.79. The van der Waals surface area contributed by atoms with Gasteiger partial charge < -0.3 is 9.64 Å². The average Bonchev–Trinajstić information content (AvgIpc) is 3.16. The number of benzene rings is 1. The Labute approximate surface area is 154 Å². The number of carbonyl (C=O) groups is 1. The van der Waals surface area contributed by atoms with E-state index >= 15 is 0 Å². The van der Waals surface area contributed by atoms with Gasteiger partial charge >= 0.3 is 0 Å². The van der Waals surface area contributed by atoms with Crippen LogP contribution >= 0.6 is 11.3 Å². The molecule has 0 unspecified atom stereocenters. The van der Waals surface area contributed by atoms with Crippen molar-refractivity contribution in [1.82, 2.24) is 19.7 Å². The van der Waals surface area contributed by atoms with Crippen LogP contribution in [0.15, 0.2) is 24.3 Å². The summed E-state index contributed by atoms with van der Waals surface area (Å²) in [6.07, 6.45) is 1.50. The van der Waals surface area contributed by atoms with E-state index in [1.165, 1.54) is 23.5 Å². The van der Waals surface area contributed by atoms with Crippen LogP contribution in [0.5, 0.6) is 5.19 Å². The molecule has 1 saturated heterocycles. The number of hydrogen-bond donors (Lipinski definition) is 0. The van der Waals surface area contributed by atoms with E-state index in [4.69, 9.17) is 4.74 Å². The molecule has 2 aromatic heterocycles. The molecule has 136 valence electrons. The summed E-state index contributed by atoms with van der Waals surface area (Å²) in [4.78, 5) is 18.9. The zero-order chi connectivity index (χ0) is 18.3. The monoisotopic (exact) mass is 374 g/mol. The lowest BCUT2D eigenvalue weighted by Crippen LogP contribution is -2.42. The highest BCUT2D eigenvalue weighted by atomic mass is 32.1. The molecule has 6 nitrogen and oxygen atoms in total. The zero-order valence-electron chi connectivity index (χ0n) is 14.6. The maximum atomic E-state index is 13.3. The van der Waals surface area contributed by atoms with Gasteiger partial charge in [0.15, 0.2) is 0 Å². The molecule has 3 aromatic rings. The molecule has 1 fully saturated rings. The summed E-state index contributed by atoms with van der Waals surface area (Å²) in [5.41, 5.74) is 2.18. The number of rotatable bonds is 3. The van der Waals surface area contributed by atoms with E-state index in [0.717, 1.165) is 28.8 Å². The topological polar surface area (TPSA) is 60.3 Å². The first-order chi connectivity index (χ1) is 12.5. The molecule has 26 heavy (non-hydrogen) atoms. The third-order valence-corrected chi connectivity index (χ3v) is 5.46. The fourth-order valence-corrected chi connectivity index (χ4v) is 4.13. The van der Waals surface area contributed by atoms with E-state index < -0.39 is 0 Å². The van der Waals surface area contributed by atoms with Gasteiger partial charge in [-0.25, -0.2) is 9.37 Å². The van der Waals surface area contributed by atoms with E-state index in [1.807, 2.05) is 17.9 Å². The van der Waals surface area contributed by atoms with Crippen LogP contribution in [0.3, 0.4) is 0 Å². The number of ether oxygens (including phenoxy) is 1. The Morgan fingerprint density at radius 3 is 2.77 bits per heavy atom. The molecule has 4 rings (SSSR count). The van der Waals surface area contributed by atoms with E-state index in [0.29, 0.717) is 24.0 Å². The van der Waals surface area contributed by atoms with Gasteiger partial charge in [-0.15, -0.1) is 0 Å². The number of piperidine rings is 1.